The Bertz CT molecular complexity index is 517. The molecule has 2 saturated carbocycles. The fourth-order valence-electron chi connectivity index (χ4n) is 3.71. The summed E-state index contributed by atoms with van der Waals surface area (Å²) in [5, 5.41) is 5.69. The summed E-state index contributed by atoms with van der Waals surface area (Å²) >= 11 is 0. The van der Waals surface area contributed by atoms with Crippen molar-refractivity contribution in [1.82, 2.24) is 15.5 Å². The molecule has 0 aromatic rings. The second-order valence-corrected chi connectivity index (χ2v) is 7.04. The van der Waals surface area contributed by atoms with Gasteiger partial charge in [-0.2, -0.15) is 0 Å². The van der Waals surface area contributed by atoms with Crippen LogP contribution in [0.25, 0.3) is 0 Å². The van der Waals surface area contributed by atoms with Crippen LogP contribution < -0.4 is 16.4 Å². The highest BCUT2D eigenvalue weighted by Gasteiger charge is 2.56. The first-order valence-corrected chi connectivity index (χ1v) is 8.05. The predicted octanol–water partition coefficient (Wildman–Crippen LogP) is 0.516. The predicted molar refractivity (Wildman–Crippen MR) is 87.0 cm³/mol. The molecule has 0 spiro atoms. The number of urea groups is 1. The molecule has 7 nitrogen and oxygen atoms in total. The molecule has 1 aliphatic heterocycles. The van der Waals surface area contributed by atoms with Gasteiger partial charge in [0.05, 0.1) is 5.54 Å². The summed E-state index contributed by atoms with van der Waals surface area (Å²) in [6.07, 6.45) is 5.68. The molecule has 1 unspecified atom stereocenters. The molecule has 4 amide bonds. The molecule has 1 atom stereocenters. The molecule has 4 N–H and O–H groups in total. The molecule has 23 heavy (non-hydrogen) atoms. The van der Waals surface area contributed by atoms with Crippen molar-refractivity contribution in [3.05, 3.63) is 0 Å². The number of hydrogen-bond donors (Lipinski definition) is 3. The van der Waals surface area contributed by atoms with Gasteiger partial charge in [0.1, 0.15) is 12.1 Å². The van der Waals surface area contributed by atoms with Crippen molar-refractivity contribution >= 4 is 30.3 Å². The lowest BCUT2D eigenvalue weighted by atomic mass is 9.96. The van der Waals surface area contributed by atoms with Crippen LogP contribution in [0.15, 0.2) is 0 Å². The Morgan fingerprint density at radius 1 is 1.35 bits per heavy atom. The summed E-state index contributed by atoms with van der Waals surface area (Å²) in [7, 11) is 0. The summed E-state index contributed by atoms with van der Waals surface area (Å²) in [6.45, 7) is 1.91. The fourth-order valence-corrected chi connectivity index (χ4v) is 3.71. The van der Waals surface area contributed by atoms with Crippen LogP contribution in [0.2, 0.25) is 0 Å². The molecule has 8 heteroatoms. The zero-order valence-electron chi connectivity index (χ0n) is 13.4. The van der Waals surface area contributed by atoms with Crippen LogP contribution in [0.4, 0.5) is 4.79 Å². The molecule has 3 aliphatic rings. The van der Waals surface area contributed by atoms with Gasteiger partial charge in [-0.1, -0.05) is 12.8 Å². The van der Waals surface area contributed by atoms with Gasteiger partial charge in [0.25, 0.3) is 5.91 Å². The molecule has 1 heterocycles. The van der Waals surface area contributed by atoms with Crippen molar-refractivity contribution < 1.29 is 14.4 Å². The Hall–Kier alpha value is -1.34. The van der Waals surface area contributed by atoms with Gasteiger partial charge in [0.15, 0.2) is 0 Å². The number of nitrogens with one attached hydrogen (secondary N) is 2. The average Bonchev–Trinajstić information content (AvgIpc) is 3.21. The Kier molecular flexibility index (Phi) is 4.92. The lowest BCUT2D eigenvalue weighted by Crippen LogP contribution is -2.55. The molecule has 0 aromatic carbocycles. The van der Waals surface area contributed by atoms with E-state index in [9.17, 15) is 14.4 Å². The standard InChI is InChI=1S/C15H24N4O3.ClH/c1-14(10-4-5-10)12(21)19(13(22)18-14)8-11(20)17-15(9-16)6-2-3-7-15;/h10H,2-9,16H2,1H3,(H,17,20)(H,18,22);1H. The third-order valence-electron chi connectivity index (χ3n) is 5.35. The van der Waals surface area contributed by atoms with Gasteiger partial charge in [0.2, 0.25) is 5.91 Å². The van der Waals surface area contributed by atoms with Gasteiger partial charge in [-0.3, -0.25) is 14.5 Å². The van der Waals surface area contributed by atoms with Gasteiger partial charge < -0.3 is 16.4 Å². The molecule has 2 aliphatic carbocycles. The van der Waals surface area contributed by atoms with Gasteiger partial charge in [-0.05, 0) is 38.5 Å². The number of rotatable bonds is 5. The van der Waals surface area contributed by atoms with Gasteiger partial charge >= 0.3 is 6.03 Å². The second-order valence-electron chi connectivity index (χ2n) is 7.04. The first-order valence-electron chi connectivity index (χ1n) is 8.05. The molecule has 3 fully saturated rings. The van der Waals surface area contributed by atoms with E-state index < -0.39 is 11.6 Å². The minimum atomic E-state index is -0.837. The molecule has 0 aromatic heterocycles. The van der Waals surface area contributed by atoms with Crippen molar-refractivity contribution in [3.63, 3.8) is 0 Å². The molecule has 3 rings (SSSR count). The van der Waals surface area contributed by atoms with E-state index in [0.29, 0.717) is 6.54 Å². The van der Waals surface area contributed by atoms with Crippen LogP contribution in [0, 0.1) is 5.92 Å². The number of imide groups is 1. The number of nitrogens with two attached hydrogens (primary N) is 1. The van der Waals surface area contributed by atoms with Crippen LogP contribution in [-0.4, -0.2) is 46.9 Å². The fraction of sp³-hybridized carbons (Fsp3) is 0.800. The van der Waals surface area contributed by atoms with Crippen molar-refractivity contribution in [1.29, 1.82) is 0 Å². The van der Waals surface area contributed by atoms with Crippen molar-refractivity contribution in [3.8, 4) is 0 Å². The van der Waals surface area contributed by atoms with Crippen molar-refractivity contribution in [2.75, 3.05) is 13.1 Å². The van der Waals surface area contributed by atoms with Crippen LogP contribution in [0.3, 0.4) is 0 Å². The summed E-state index contributed by atoms with van der Waals surface area (Å²) in [6, 6.07) is -0.470. The lowest BCUT2D eigenvalue weighted by Gasteiger charge is -2.29. The minimum Gasteiger partial charge on any atom is -0.348 e. The molecular weight excluding hydrogens is 320 g/mol. The highest BCUT2D eigenvalue weighted by Crippen LogP contribution is 2.42. The van der Waals surface area contributed by atoms with E-state index in [4.69, 9.17) is 5.73 Å². The van der Waals surface area contributed by atoms with Crippen molar-refractivity contribution in [2.45, 2.75) is 56.5 Å². The maximum atomic E-state index is 12.5. The van der Waals surface area contributed by atoms with Crippen LogP contribution in [0.5, 0.6) is 0 Å². The van der Waals surface area contributed by atoms with E-state index in [-0.39, 0.29) is 42.2 Å². The molecule has 0 bridgehead atoms. The van der Waals surface area contributed by atoms with E-state index in [2.05, 4.69) is 10.6 Å². The Morgan fingerprint density at radius 3 is 2.48 bits per heavy atom. The Balaban J connectivity index is 0.00000192. The third kappa shape index (κ3) is 3.17. The van der Waals surface area contributed by atoms with E-state index in [0.717, 1.165) is 43.4 Å². The van der Waals surface area contributed by atoms with Crippen LogP contribution in [0.1, 0.15) is 45.4 Å². The number of amides is 4. The number of nitrogens with zero attached hydrogens (tertiary/aromatic N) is 1. The van der Waals surface area contributed by atoms with E-state index in [1.54, 1.807) is 6.92 Å². The molecule has 1 saturated heterocycles. The monoisotopic (exact) mass is 344 g/mol. The molecular formula is C15H25ClN4O3. The topological polar surface area (TPSA) is 105 Å². The minimum absolute atomic E-state index is 0. The first kappa shape index (κ1) is 18.0. The SMILES string of the molecule is CC1(C2CC2)NC(=O)N(CC(=O)NC2(CN)CCCC2)C1=O.Cl. The second kappa shape index (κ2) is 6.28. The Labute approximate surface area is 142 Å². The quantitative estimate of drug-likeness (QED) is 0.632. The number of carbonyl (C=O) groups is 3. The maximum Gasteiger partial charge on any atom is 0.325 e. The summed E-state index contributed by atoms with van der Waals surface area (Å²) < 4.78 is 0. The number of carbonyl (C=O) groups excluding carboxylic acids is 3. The summed E-state index contributed by atoms with van der Waals surface area (Å²) in [5.74, 6) is -0.401. The maximum absolute atomic E-state index is 12.5. The summed E-state index contributed by atoms with van der Waals surface area (Å²) in [5.41, 5.74) is 4.59. The highest BCUT2D eigenvalue weighted by atomic mass is 35.5. The molecule has 130 valence electrons. The zero-order chi connectivity index (χ0) is 16.0. The lowest BCUT2D eigenvalue weighted by molar-refractivity contribution is -0.135. The third-order valence-corrected chi connectivity index (χ3v) is 5.35. The van der Waals surface area contributed by atoms with Gasteiger partial charge in [0, 0.05) is 6.54 Å². The average molecular weight is 345 g/mol. The largest absolute Gasteiger partial charge is 0.348 e. The van der Waals surface area contributed by atoms with Gasteiger partial charge in [-0.25, -0.2) is 4.79 Å². The van der Waals surface area contributed by atoms with Gasteiger partial charge in [-0.15, -0.1) is 12.4 Å². The van der Waals surface area contributed by atoms with E-state index in [1.165, 1.54) is 0 Å². The van der Waals surface area contributed by atoms with E-state index >= 15 is 0 Å². The number of halogens is 1. The van der Waals surface area contributed by atoms with Crippen LogP contribution >= 0.6 is 12.4 Å². The zero-order valence-corrected chi connectivity index (χ0v) is 14.2. The first-order chi connectivity index (χ1) is 10.4. The summed E-state index contributed by atoms with van der Waals surface area (Å²) in [4.78, 5) is 37.8. The van der Waals surface area contributed by atoms with Crippen LogP contribution in [-0.2, 0) is 9.59 Å². The smallest absolute Gasteiger partial charge is 0.325 e. The van der Waals surface area contributed by atoms with Crippen molar-refractivity contribution in [2.24, 2.45) is 11.7 Å². The Morgan fingerprint density at radius 2 is 1.96 bits per heavy atom. The van der Waals surface area contributed by atoms with E-state index in [1.807, 2.05) is 0 Å². The highest BCUT2D eigenvalue weighted by molar-refractivity contribution is 6.09. The number of hydrogen-bond acceptors (Lipinski definition) is 4. The molecule has 0 radical (unpaired) electrons. The normalized spacial score (nSPS) is 29.2.